The average Bonchev–Trinajstić information content (AvgIpc) is 3.11. The third kappa shape index (κ3) is 5.22. The Labute approximate surface area is 172 Å². The van der Waals surface area contributed by atoms with E-state index < -0.39 is 35.7 Å². The van der Waals surface area contributed by atoms with Crippen LogP contribution in [0.1, 0.15) is 18.1 Å². The van der Waals surface area contributed by atoms with Crippen LogP contribution >= 0.6 is 0 Å². The third-order valence-corrected chi connectivity index (χ3v) is 4.76. The highest BCUT2D eigenvalue weighted by Gasteiger charge is 2.27. The fourth-order valence-corrected chi connectivity index (χ4v) is 3.30. The van der Waals surface area contributed by atoms with Crippen molar-refractivity contribution in [1.82, 2.24) is 15.6 Å². The Balaban J connectivity index is 1.75. The van der Waals surface area contributed by atoms with Crippen LogP contribution in [-0.2, 0) is 27.2 Å². The molecule has 2 aromatic carbocycles. The maximum absolute atomic E-state index is 13.1. The van der Waals surface area contributed by atoms with Crippen molar-refractivity contribution in [3.8, 4) is 0 Å². The van der Waals surface area contributed by atoms with E-state index in [1.807, 2.05) is 24.3 Å². The lowest BCUT2D eigenvalue weighted by Gasteiger charge is -2.21. The number of fused-ring (bicyclic) bond motifs is 1. The topological polar surface area (TPSA) is 111 Å². The van der Waals surface area contributed by atoms with Crippen LogP contribution in [0, 0.1) is 5.82 Å². The van der Waals surface area contributed by atoms with Gasteiger partial charge in [0.1, 0.15) is 17.9 Å². The molecule has 156 valence electrons. The smallest absolute Gasteiger partial charge is 0.326 e. The number of benzene rings is 2. The third-order valence-electron chi connectivity index (χ3n) is 4.76. The van der Waals surface area contributed by atoms with E-state index in [0.29, 0.717) is 5.56 Å². The molecule has 7 nitrogen and oxygen atoms in total. The first-order chi connectivity index (χ1) is 14.3. The summed E-state index contributed by atoms with van der Waals surface area (Å²) in [5, 5.41) is 15.5. The van der Waals surface area contributed by atoms with Crippen LogP contribution in [0.15, 0.2) is 54.7 Å². The van der Waals surface area contributed by atoms with Crippen molar-refractivity contribution in [2.75, 3.05) is 0 Å². The Morgan fingerprint density at radius 2 is 1.70 bits per heavy atom. The Morgan fingerprint density at radius 1 is 1.00 bits per heavy atom. The van der Waals surface area contributed by atoms with Crippen molar-refractivity contribution >= 4 is 28.7 Å². The maximum atomic E-state index is 13.1. The van der Waals surface area contributed by atoms with Gasteiger partial charge in [0.15, 0.2) is 0 Å². The number of para-hydroxylation sites is 1. The number of aromatic amines is 1. The van der Waals surface area contributed by atoms with Gasteiger partial charge >= 0.3 is 5.97 Å². The van der Waals surface area contributed by atoms with Gasteiger partial charge in [-0.2, -0.15) is 0 Å². The fraction of sp³-hybridized carbons (Fsp3) is 0.227. The number of aromatic nitrogens is 1. The van der Waals surface area contributed by atoms with Gasteiger partial charge in [-0.3, -0.25) is 9.59 Å². The molecule has 1 heterocycles. The first-order valence-corrected chi connectivity index (χ1v) is 9.43. The summed E-state index contributed by atoms with van der Waals surface area (Å²) in [6.45, 7) is 1.27. The van der Waals surface area contributed by atoms with E-state index in [2.05, 4.69) is 15.6 Å². The molecule has 8 heteroatoms. The SMILES string of the molecule is CC(=O)N[C@@H](Cc1ccc(F)cc1)C(=O)N[C@@H](Cc1c[nH]c2ccccc12)C(=O)O. The van der Waals surface area contributed by atoms with Gasteiger partial charge in [-0.05, 0) is 29.3 Å². The molecule has 0 radical (unpaired) electrons. The van der Waals surface area contributed by atoms with E-state index in [-0.39, 0.29) is 12.8 Å². The minimum absolute atomic E-state index is 0.0778. The quantitative estimate of drug-likeness (QED) is 0.455. The number of rotatable bonds is 8. The summed E-state index contributed by atoms with van der Waals surface area (Å²) in [5.41, 5.74) is 2.26. The monoisotopic (exact) mass is 411 g/mol. The van der Waals surface area contributed by atoms with Crippen LogP contribution in [0.3, 0.4) is 0 Å². The highest BCUT2D eigenvalue weighted by atomic mass is 19.1. The van der Waals surface area contributed by atoms with E-state index in [1.54, 1.807) is 6.20 Å². The molecule has 0 spiro atoms. The molecule has 0 fully saturated rings. The summed E-state index contributed by atoms with van der Waals surface area (Å²) >= 11 is 0. The number of carbonyl (C=O) groups excluding carboxylic acids is 2. The number of H-pyrrole nitrogens is 1. The lowest BCUT2D eigenvalue weighted by Crippen LogP contribution is -2.52. The van der Waals surface area contributed by atoms with Gasteiger partial charge in [-0.25, -0.2) is 9.18 Å². The van der Waals surface area contributed by atoms with Crippen LogP contribution < -0.4 is 10.6 Å². The van der Waals surface area contributed by atoms with E-state index >= 15 is 0 Å². The molecule has 0 bridgehead atoms. The van der Waals surface area contributed by atoms with E-state index in [4.69, 9.17) is 0 Å². The second kappa shape index (κ2) is 9.21. The molecule has 3 rings (SSSR count). The van der Waals surface area contributed by atoms with E-state index in [9.17, 15) is 23.9 Å². The van der Waals surface area contributed by atoms with Crippen molar-refractivity contribution < 1.29 is 23.9 Å². The molecule has 0 aliphatic heterocycles. The zero-order valence-corrected chi connectivity index (χ0v) is 16.3. The Kier molecular flexibility index (Phi) is 6.46. The summed E-state index contributed by atoms with van der Waals surface area (Å²) in [4.78, 5) is 39.2. The standard InChI is InChI=1S/C22H22FN3O4/c1-13(27)25-19(10-14-6-8-16(23)9-7-14)21(28)26-20(22(29)30)11-15-12-24-18-5-3-2-4-17(15)18/h2-9,12,19-20,24H,10-11H2,1H3,(H,25,27)(H,26,28)(H,29,30)/t19-,20-/m0/s1. The summed E-state index contributed by atoms with van der Waals surface area (Å²) in [5.74, 6) is -2.65. The first-order valence-electron chi connectivity index (χ1n) is 9.43. The minimum atomic E-state index is -1.18. The van der Waals surface area contributed by atoms with Crippen molar-refractivity contribution in [2.45, 2.75) is 31.8 Å². The summed E-state index contributed by atoms with van der Waals surface area (Å²) in [7, 11) is 0. The van der Waals surface area contributed by atoms with E-state index in [1.165, 1.54) is 31.2 Å². The van der Waals surface area contributed by atoms with E-state index in [0.717, 1.165) is 16.5 Å². The van der Waals surface area contributed by atoms with Gasteiger partial charge in [0, 0.05) is 36.9 Å². The molecule has 0 saturated heterocycles. The summed E-state index contributed by atoms with van der Waals surface area (Å²) in [6, 6.07) is 10.8. The van der Waals surface area contributed by atoms with Crippen molar-refractivity contribution in [3.63, 3.8) is 0 Å². The second-order valence-electron chi connectivity index (χ2n) is 7.05. The van der Waals surface area contributed by atoms with Crippen LogP contribution in [0.25, 0.3) is 10.9 Å². The number of aliphatic carboxylic acids is 1. The summed E-state index contributed by atoms with van der Waals surface area (Å²) in [6.07, 6.45) is 1.90. The zero-order valence-electron chi connectivity index (χ0n) is 16.3. The van der Waals surface area contributed by atoms with Crippen LogP contribution in [-0.4, -0.2) is 40.0 Å². The van der Waals surface area contributed by atoms with Gasteiger partial charge in [-0.1, -0.05) is 30.3 Å². The van der Waals surface area contributed by atoms with Gasteiger partial charge < -0.3 is 20.7 Å². The molecular formula is C22H22FN3O4. The Hall–Kier alpha value is -3.68. The number of amides is 2. The van der Waals surface area contributed by atoms with Crippen LogP contribution in [0.2, 0.25) is 0 Å². The number of carboxylic acid groups (broad SMARTS) is 1. The Bertz CT molecular complexity index is 1060. The molecule has 0 aliphatic carbocycles. The predicted octanol–water partition coefficient (Wildman–Crippen LogP) is 2.17. The highest BCUT2D eigenvalue weighted by molar-refractivity contribution is 5.91. The molecule has 4 N–H and O–H groups in total. The number of halogens is 1. The van der Waals surface area contributed by atoms with Gasteiger partial charge in [-0.15, -0.1) is 0 Å². The average molecular weight is 411 g/mol. The molecule has 1 aromatic heterocycles. The summed E-state index contributed by atoms with van der Waals surface area (Å²) < 4.78 is 13.1. The highest BCUT2D eigenvalue weighted by Crippen LogP contribution is 2.19. The lowest BCUT2D eigenvalue weighted by molar-refractivity contribution is -0.142. The molecule has 0 unspecified atom stereocenters. The van der Waals surface area contributed by atoms with Gasteiger partial charge in [0.2, 0.25) is 11.8 Å². The normalized spacial score (nSPS) is 12.9. The number of carboxylic acids is 1. The van der Waals surface area contributed by atoms with Gasteiger partial charge in [0.05, 0.1) is 0 Å². The molecule has 30 heavy (non-hydrogen) atoms. The van der Waals surface area contributed by atoms with Gasteiger partial charge in [0.25, 0.3) is 0 Å². The minimum Gasteiger partial charge on any atom is -0.480 e. The van der Waals surface area contributed by atoms with Crippen molar-refractivity contribution in [3.05, 3.63) is 71.7 Å². The molecule has 0 saturated carbocycles. The van der Waals surface area contributed by atoms with Crippen LogP contribution in [0.4, 0.5) is 4.39 Å². The number of nitrogens with one attached hydrogen (secondary N) is 3. The number of hydrogen-bond donors (Lipinski definition) is 4. The Morgan fingerprint density at radius 3 is 2.37 bits per heavy atom. The van der Waals surface area contributed by atoms with Crippen LogP contribution in [0.5, 0.6) is 0 Å². The number of hydrogen-bond acceptors (Lipinski definition) is 3. The predicted molar refractivity (Wildman–Crippen MR) is 109 cm³/mol. The van der Waals surface area contributed by atoms with Crippen molar-refractivity contribution in [1.29, 1.82) is 0 Å². The lowest BCUT2D eigenvalue weighted by atomic mass is 10.0. The fourth-order valence-electron chi connectivity index (χ4n) is 3.30. The maximum Gasteiger partial charge on any atom is 0.326 e. The molecule has 2 amide bonds. The number of carbonyl (C=O) groups is 3. The second-order valence-corrected chi connectivity index (χ2v) is 7.05. The molecule has 3 aromatic rings. The molecule has 0 aliphatic rings. The first kappa shape index (κ1) is 21.0. The largest absolute Gasteiger partial charge is 0.480 e. The zero-order chi connectivity index (χ0) is 21.7. The molecule has 2 atom stereocenters. The molecular weight excluding hydrogens is 389 g/mol. The van der Waals surface area contributed by atoms with Crippen molar-refractivity contribution in [2.24, 2.45) is 0 Å².